The van der Waals surface area contributed by atoms with Gasteiger partial charge in [-0.15, -0.1) is 0 Å². The van der Waals surface area contributed by atoms with Gasteiger partial charge in [0.15, 0.2) is 0 Å². The van der Waals surface area contributed by atoms with Crippen LogP contribution in [0.3, 0.4) is 0 Å². The van der Waals surface area contributed by atoms with E-state index in [1.54, 1.807) is 36.4 Å². The maximum Gasteiger partial charge on any atom is 0.269 e. The van der Waals surface area contributed by atoms with Crippen LogP contribution in [0.5, 0.6) is 5.75 Å². The number of anilines is 1. The molecule has 2 aromatic carbocycles. The van der Waals surface area contributed by atoms with Crippen LogP contribution in [0.1, 0.15) is 5.56 Å². The van der Waals surface area contributed by atoms with Crippen LogP contribution < -0.4 is 10.1 Å². The lowest BCUT2D eigenvalue weighted by Crippen LogP contribution is -1.97. The summed E-state index contributed by atoms with van der Waals surface area (Å²) < 4.78 is 5.54. The Bertz CT molecular complexity index is 594. The fourth-order valence-corrected chi connectivity index (χ4v) is 1.60. The van der Waals surface area contributed by atoms with Crippen LogP contribution >= 0.6 is 0 Å². The number of nitro groups is 1. The highest BCUT2D eigenvalue weighted by Gasteiger charge is 2.04. The van der Waals surface area contributed by atoms with Gasteiger partial charge < -0.3 is 10.1 Å². The highest BCUT2D eigenvalue weighted by molar-refractivity contribution is 5.71. The molecule has 0 spiro atoms. The lowest BCUT2D eigenvalue weighted by molar-refractivity contribution is -0.384. The Kier molecular flexibility index (Phi) is 4.28. The normalized spacial score (nSPS) is 9.80. The topological polar surface area (TPSA) is 81.5 Å². The van der Waals surface area contributed by atoms with E-state index >= 15 is 0 Å². The molecule has 102 valence electrons. The zero-order valence-corrected chi connectivity index (χ0v) is 10.5. The van der Waals surface area contributed by atoms with Crippen molar-refractivity contribution in [1.29, 1.82) is 0 Å². The molecule has 0 aliphatic heterocycles. The number of nitrogens with zero attached hydrogens (tertiary/aromatic N) is 1. The second kappa shape index (κ2) is 6.33. The molecule has 2 rings (SSSR count). The summed E-state index contributed by atoms with van der Waals surface area (Å²) in [4.78, 5) is 20.3. The molecular weight excluding hydrogens is 260 g/mol. The van der Waals surface area contributed by atoms with E-state index in [-0.39, 0.29) is 5.69 Å². The van der Waals surface area contributed by atoms with E-state index in [2.05, 4.69) is 5.32 Å². The van der Waals surface area contributed by atoms with Gasteiger partial charge in [-0.3, -0.25) is 14.9 Å². The monoisotopic (exact) mass is 272 g/mol. The lowest BCUT2D eigenvalue weighted by atomic mass is 10.2. The van der Waals surface area contributed by atoms with Gasteiger partial charge >= 0.3 is 0 Å². The second-order valence-corrected chi connectivity index (χ2v) is 4.00. The van der Waals surface area contributed by atoms with Gasteiger partial charge in [0.05, 0.1) is 4.92 Å². The van der Waals surface area contributed by atoms with Crippen molar-refractivity contribution in [3.05, 3.63) is 64.2 Å². The van der Waals surface area contributed by atoms with Gasteiger partial charge in [-0.05, 0) is 42.0 Å². The number of carbonyl (C=O) groups excluding carboxylic acids is 1. The number of amides is 1. The van der Waals surface area contributed by atoms with Gasteiger partial charge in [-0.25, -0.2) is 0 Å². The minimum atomic E-state index is -0.441. The van der Waals surface area contributed by atoms with Crippen molar-refractivity contribution in [2.75, 3.05) is 5.32 Å². The molecule has 20 heavy (non-hydrogen) atoms. The molecule has 0 atom stereocenters. The molecule has 0 aliphatic carbocycles. The largest absolute Gasteiger partial charge is 0.489 e. The average Bonchev–Trinajstić information content (AvgIpc) is 2.47. The third-order valence-electron chi connectivity index (χ3n) is 2.63. The number of hydrogen-bond donors (Lipinski definition) is 1. The standard InChI is InChI=1S/C14H12N2O4/c17-10-15-12-3-7-14(8-4-12)20-9-11-1-5-13(6-2-11)16(18)19/h1-8,10H,9H2,(H,15,17). The number of rotatable bonds is 6. The number of carbonyl (C=O) groups is 1. The van der Waals surface area contributed by atoms with Gasteiger partial charge in [0.1, 0.15) is 12.4 Å². The Balaban J connectivity index is 1.94. The Morgan fingerprint density at radius 3 is 2.30 bits per heavy atom. The molecule has 1 amide bonds. The predicted molar refractivity (Wildman–Crippen MR) is 73.6 cm³/mol. The number of benzene rings is 2. The summed E-state index contributed by atoms with van der Waals surface area (Å²) in [6, 6.07) is 13.1. The summed E-state index contributed by atoms with van der Waals surface area (Å²) >= 11 is 0. The molecule has 0 unspecified atom stereocenters. The first-order valence-corrected chi connectivity index (χ1v) is 5.85. The maximum absolute atomic E-state index is 10.5. The molecule has 0 radical (unpaired) electrons. The number of non-ortho nitro benzene ring substituents is 1. The summed E-state index contributed by atoms with van der Waals surface area (Å²) in [5.41, 5.74) is 1.58. The third kappa shape index (κ3) is 3.55. The molecule has 0 heterocycles. The van der Waals surface area contributed by atoms with Crippen LogP contribution in [0.2, 0.25) is 0 Å². The minimum absolute atomic E-state index is 0.0537. The van der Waals surface area contributed by atoms with Crippen LogP contribution in [0, 0.1) is 10.1 Å². The molecule has 0 saturated carbocycles. The first-order valence-electron chi connectivity index (χ1n) is 5.85. The number of hydrogen-bond acceptors (Lipinski definition) is 4. The van der Waals surface area contributed by atoms with Crippen LogP contribution in [0.4, 0.5) is 11.4 Å². The van der Waals surface area contributed by atoms with E-state index in [1.165, 1.54) is 12.1 Å². The Hall–Kier alpha value is -2.89. The molecule has 6 nitrogen and oxygen atoms in total. The number of nitrogens with one attached hydrogen (secondary N) is 1. The second-order valence-electron chi connectivity index (χ2n) is 4.00. The maximum atomic E-state index is 10.5. The predicted octanol–water partition coefficient (Wildman–Crippen LogP) is 2.74. The van der Waals surface area contributed by atoms with Crippen LogP contribution in [-0.4, -0.2) is 11.3 Å². The van der Waals surface area contributed by atoms with Crippen LogP contribution in [-0.2, 0) is 11.4 Å². The van der Waals surface area contributed by atoms with Crippen LogP contribution in [0.15, 0.2) is 48.5 Å². The van der Waals surface area contributed by atoms with Crippen molar-refractivity contribution >= 4 is 17.8 Å². The van der Waals surface area contributed by atoms with Crippen molar-refractivity contribution in [3.63, 3.8) is 0 Å². The van der Waals surface area contributed by atoms with Gasteiger partial charge in [0, 0.05) is 17.8 Å². The molecule has 0 bridgehead atoms. The van der Waals surface area contributed by atoms with E-state index < -0.39 is 4.92 Å². The average molecular weight is 272 g/mol. The molecule has 0 aromatic heterocycles. The Morgan fingerprint density at radius 2 is 1.75 bits per heavy atom. The van der Waals surface area contributed by atoms with Crippen molar-refractivity contribution in [2.24, 2.45) is 0 Å². The summed E-state index contributed by atoms with van der Waals surface area (Å²) in [5, 5.41) is 13.0. The van der Waals surface area contributed by atoms with Crippen molar-refractivity contribution in [3.8, 4) is 5.75 Å². The smallest absolute Gasteiger partial charge is 0.269 e. The molecular formula is C14H12N2O4. The van der Waals surface area contributed by atoms with E-state index in [9.17, 15) is 14.9 Å². The number of ether oxygens (including phenoxy) is 1. The molecule has 2 aromatic rings. The third-order valence-corrected chi connectivity index (χ3v) is 2.63. The van der Waals surface area contributed by atoms with Crippen molar-refractivity contribution in [2.45, 2.75) is 6.61 Å². The van der Waals surface area contributed by atoms with E-state index in [4.69, 9.17) is 4.74 Å². The summed E-state index contributed by atoms with van der Waals surface area (Å²) in [7, 11) is 0. The van der Waals surface area contributed by atoms with Gasteiger partial charge in [-0.1, -0.05) is 0 Å². The SMILES string of the molecule is O=CNc1ccc(OCc2ccc([N+](=O)[O-])cc2)cc1. The van der Waals surface area contributed by atoms with E-state index in [1.807, 2.05) is 0 Å². The Labute approximate surface area is 115 Å². The summed E-state index contributed by atoms with van der Waals surface area (Å²) in [6.45, 7) is 0.318. The van der Waals surface area contributed by atoms with Crippen molar-refractivity contribution in [1.82, 2.24) is 0 Å². The fourth-order valence-electron chi connectivity index (χ4n) is 1.60. The quantitative estimate of drug-likeness (QED) is 0.498. The summed E-state index contributed by atoms with van der Waals surface area (Å²) in [5.74, 6) is 0.653. The van der Waals surface area contributed by atoms with E-state index in [0.29, 0.717) is 24.5 Å². The fraction of sp³-hybridized carbons (Fsp3) is 0.0714. The zero-order chi connectivity index (χ0) is 14.4. The molecule has 6 heteroatoms. The van der Waals surface area contributed by atoms with Gasteiger partial charge in [0.25, 0.3) is 5.69 Å². The van der Waals surface area contributed by atoms with Crippen molar-refractivity contribution < 1.29 is 14.5 Å². The number of nitro benzene ring substituents is 1. The lowest BCUT2D eigenvalue weighted by Gasteiger charge is -2.07. The van der Waals surface area contributed by atoms with E-state index in [0.717, 1.165) is 5.56 Å². The molecule has 0 aliphatic rings. The Morgan fingerprint density at radius 1 is 1.10 bits per heavy atom. The summed E-state index contributed by atoms with van der Waals surface area (Å²) in [6.07, 6.45) is 0.604. The van der Waals surface area contributed by atoms with Gasteiger partial charge in [0.2, 0.25) is 6.41 Å². The highest BCUT2D eigenvalue weighted by Crippen LogP contribution is 2.18. The first kappa shape index (κ1) is 13.5. The first-order chi connectivity index (χ1) is 9.69. The minimum Gasteiger partial charge on any atom is -0.489 e. The van der Waals surface area contributed by atoms with Gasteiger partial charge in [-0.2, -0.15) is 0 Å². The van der Waals surface area contributed by atoms with Crippen LogP contribution in [0.25, 0.3) is 0 Å². The molecule has 0 saturated heterocycles. The zero-order valence-electron chi connectivity index (χ0n) is 10.5. The highest BCUT2D eigenvalue weighted by atomic mass is 16.6. The molecule has 0 fully saturated rings. The molecule has 1 N–H and O–H groups in total.